The highest BCUT2D eigenvalue weighted by molar-refractivity contribution is 6.08. The number of benzene rings is 2. The van der Waals surface area contributed by atoms with Gasteiger partial charge in [0, 0.05) is 48.8 Å². The van der Waals surface area contributed by atoms with Gasteiger partial charge in [-0.2, -0.15) is 0 Å². The van der Waals surface area contributed by atoms with Crippen LogP contribution in [0, 0.1) is 5.92 Å². The number of nitrogens with one attached hydrogen (secondary N) is 3. The number of H-pyrrole nitrogens is 1. The predicted molar refractivity (Wildman–Crippen MR) is 123 cm³/mol. The summed E-state index contributed by atoms with van der Waals surface area (Å²) in [6.07, 6.45) is 4.82. The quantitative estimate of drug-likeness (QED) is 0.516. The molecular weight excluding hydrogens is 388 g/mol. The molecule has 0 saturated carbocycles. The molecule has 0 spiro atoms. The standard InChI is InChI=1S/C25H30N4O2/c1-26-11-12-27-24(30)22-17-28-23-8-7-20(16-21(22)23)25(31)29-13-9-19(10-14-29)15-18-5-3-2-4-6-18/h2-8,16-17,19,26,28H,9-15H2,1H3,(H,27,30). The van der Waals surface area contributed by atoms with Gasteiger partial charge in [-0.05, 0) is 56.0 Å². The molecule has 3 aromatic rings. The Balaban J connectivity index is 1.41. The second kappa shape index (κ2) is 9.79. The normalized spacial score (nSPS) is 14.7. The third kappa shape index (κ3) is 4.97. The predicted octanol–water partition coefficient (Wildman–Crippen LogP) is 3.21. The number of hydrogen-bond donors (Lipinski definition) is 3. The average Bonchev–Trinajstić information content (AvgIpc) is 3.23. The van der Waals surface area contributed by atoms with Crippen LogP contribution < -0.4 is 10.6 Å². The lowest BCUT2D eigenvalue weighted by atomic mass is 9.90. The van der Waals surface area contributed by atoms with Gasteiger partial charge in [0.2, 0.25) is 0 Å². The Morgan fingerprint density at radius 1 is 1.06 bits per heavy atom. The molecule has 1 aliphatic rings. The second-order valence-electron chi connectivity index (χ2n) is 8.25. The lowest BCUT2D eigenvalue weighted by Crippen LogP contribution is -2.38. The van der Waals surface area contributed by atoms with Gasteiger partial charge < -0.3 is 20.5 Å². The maximum atomic E-state index is 13.1. The molecule has 0 aliphatic carbocycles. The number of aromatic nitrogens is 1. The van der Waals surface area contributed by atoms with E-state index < -0.39 is 0 Å². The Hall–Kier alpha value is -3.12. The number of likely N-dealkylation sites (tertiary alicyclic amines) is 1. The molecule has 0 bridgehead atoms. The third-order valence-electron chi connectivity index (χ3n) is 6.10. The van der Waals surface area contributed by atoms with Gasteiger partial charge in [0.15, 0.2) is 0 Å². The van der Waals surface area contributed by atoms with Crippen molar-refractivity contribution in [1.82, 2.24) is 20.5 Å². The molecule has 6 heteroatoms. The van der Waals surface area contributed by atoms with Crippen LogP contribution in [0.5, 0.6) is 0 Å². The number of aromatic amines is 1. The largest absolute Gasteiger partial charge is 0.360 e. The first-order valence-corrected chi connectivity index (χ1v) is 11.0. The van der Waals surface area contributed by atoms with E-state index >= 15 is 0 Å². The fourth-order valence-corrected chi connectivity index (χ4v) is 4.31. The maximum Gasteiger partial charge on any atom is 0.253 e. The lowest BCUT2D eigenvalue weighted by Gasteiger charge is -2.32. The molecule has 4 rings (SSSR count). The van der Waals surface area contributed by atoms with E-state index in [0.29, 0.717) is 30.1 Å². The van der Waals surface area contributed by atoms with Gasteiger partial charge in [-0.1, -0.05) is 30.3 Å². The highest BCUT2D eigenvalue weighted by Gasteiger charge is 2.24. The number of carbonyl (C=O) groups is 2. The molecule has 31 heavy (non-hydrogen) atoms. The van der Waals surface area contributed by atoms with Gasteiger partial charge in [0.1, 0.15) is 0 Å². The van der Waals surface area contributed by atoms with Crippen LogP contribution in [0.4, 0.5) is 0 Å². The van der Waals surface area contributed by atoms with E-state index in [-0.39, 0.29) is 11.8 Å². The first-order valence-electron chi connectivity index (χ1n) is 11.0. The smallest absolute Gasteiger partial charge is 0.253 e. The summed E-state index contributed by atoms with van der Waals surface area (Å²) < 4.78 is 0. The summed E-state index contributed by atoms with van der Waals surface area (Å²) in [6, 6.07) is 16.1. The SMILES string of the molecule is CNCCNC(=O)c1c[nH]c2ccc(C(=O)N3CCC(Cc4ccccc4)CC3)cc12. The molecule has 6 nitrogen and oxygen atoms in total. The fraction of sp³-hybridized carbons (Fsp3) is 0.360. The number of rotatable bonds is 7. The van der Waals surface area contributed by atoms with Crippen LogP contribution in [-0.2, 0) is 6.42 Å². The van der Waals surface area contributed by atoms with Crippen LogP contribution in [-0.4, -0.2) is 54.9 Å². The van der Waals surface area contributed by atoms with E-state index in [9.17, 15) is 9.59 Å². The second-order valence-corrected chi connectivity index (χ2v) is 8.25. The third-order valence-corrected chi connectivity index (χ3v) is 6.10. The lowest BCUT2D eigenvalue weighted by molar-refractivity contribution is 0.0690. The monoisotopic (exact) mass is 418 g/mol. The summed E-state index contributed by atoms with van der Waals surface area (Å²) in [4.78, 5) is 30.7. The van der Waals surface area contributed by atoms with Crippen molar-refractivity contribution in [1.29, 1.82) is 0 Å². The van der Waals surface area contributed by atoms with E-state index in [2.05, 4.69) is 39.9 Å². The molecule has 2 amide bonds. The molecule has 1 fully saturated rings. The molecule has 2 heterocycles. The van der Waals surface area contributed by atoms with Gasteiger partial charge in [-0.15, -0.1) is 0 Å². The number of hydrogen-bond acceptors (Lipinski definition) is 3. The summed E-state index contributed by atoms with van der Waals surface area (Å²) in [5.74, 6) is 0.530. The van der Waals surface area contributed by atoms with Crippen molar-refractivity contribution in [3.05, 3.63) is 71.4 Å². The Kier molecular flexibility index (Phi) is 6.67. The van der Waals surface area contributed by atoms with Crippen molar-refractivity contribution >= 4 is 22.7 Å². The first kappa shape index (κ1) is 21.1. The number of carbonyl (C=O) groups excluding carboxylic acids is 2. The van der Waals surface area contributed by atoms with Crippen molar-refractivity contribution in [3.8, 4) is 0 Å². The summed E-state index contributed by atoms with van der Waals surface area (Å²) in [6.45, 7) is 2.81. The molecule has 3 N–H and O–H groups in total. The molecule has 1 saturated heterocycles. The van der Waals surface area contributed by atoms with Gasteiger partial charge in [0.05, 0.1) is 5.56 Å². The van der Waals surface area contributed by atoms with E-state index in [1.807, 2.05) is 36.2 Å². The minimum atomic E-state index is -0.132. The molecule has 1 aromatic heterocycles. The molecule has 162 valence electrons. The van der Waals surface area contributed by atoms with E-state index in [1.54, 1.807) is 6.20 Å². The topological polar surface area (TPSA) is 77.2 Å². The van der Waals surface area contributed by atoms with Crippen molar-refractivity contribution in [2.24, 2.45) is 5.92 Å². The number of piperidine rings is 1. The van der Waals surface area contributed by atoms with Crippen molar-refractivity contribution in [3.63, 3.8) is 0 Å². The van der Waals surface area contributed by atoms with Crippen LogP contribution in [0.25, 0.3) is 10.9 Å². The van der Waals surface area contributed by atoms with Gasteiger partial charge in [-0.3, -0.25) is 9.59 Å². The van der Waals surface area contributed by atoms with Crippen LogP contribution in [0.2, 0.25) is 0 Å². The zero-order valence-corrected chi connectivity index (χ0v) is 18.0. The van der Waals surface area contributed by atoms with E-state index in [0.717, 1.165) is 43.3 Å². The van der Waals surface area contributed by atoms with Gasteiger partial charge in [0.25, 0.3) is 11.8 Å². The average molecular weight is 419 g/mol. The summed E-state index contributed by atoms with van der Waals surface area (Å²) >= 11 is 0. The Morgan fingerprint density at radius 3 is 2.58 bits per heavy atom. The summed E-state index contributed by atoms with van der Waals surface area (Å²) in [7, 11) is 1.85. The fourth-order valence-electron chi connectivity index (χ4n) is 4.31. The summed E-state index contributed by atoms with van der Waals surface area (Å²) in [5.41, 5.74) is 3.43. The van der Waals surface area contributed by atoms with Crippen LogP contribution in [0.1, 0.15) is 39.1 Å². The van der Waals surface area contributed by atoms with E-state index in [1.165, 1.54) is 5.56 Å². The molecule has 0 unspecified atom stereocenters. The Labute approximate surface area is 183 Å². The molecule has 1 aliphatic heterocycles. The number of likely N-dealkylation sites (N-methyl/N-ethyl adjacent to an activating group) is 1. The summed E-state index contributed by atoms with van der Waals surface area (Å²) in [5, 5.41) is 6.69. The van der Waals surface area contributed by atoms with Crippen LogP contribution >= 0.6 is 0 Å². The maximum absolute atomic E-state index is 13.1. The number of amides is 2. The van der Waals surface area contributed by atoms with Crippen LogP contribution in [0.3, 0.4) is 0 Å². The zero-order valence-electron chi connectivity index (χ0n) is 18.0. The highest BCUT2D eigenvalue weighted by atomic mass is 16.2. The van der Waals surface area contributed by atoms with Crippen molar-refractivity contribution < 1.29 is 9.59 Å². The highest BCUT2D eigenvalue weighted by Crippen LogP contribution is 2.25. The molecular formula is C25H30N4O2. The van der Waals surface area contributed by atoms with Crippen molar-refractivity contribution in [2.75, 3.05) is 33.2 Å². The zero-order chi connectivity index (χ0) is 21.6. The van der Waals surface area contributed by atoms with Gasteiger partial charge >= 0.3 is 0 Å². The van der Waals surface area contributed by atoms with Crippen molar-refractivity contribution in [2.45, 2.75) is 19.3 Å². The number of nitrogens with zero attached hydrogens (tertiary/aromatic N) is 1. The first-order chi connectivity index (χ1) is 15.2. The Bertz CT molecular complexity index is 1040. The molecule has 2 aromatic carbocycles. The number of fused-ring (bicyclic) bond motifs is 1. The Morgan fingerprint density at radius 2 is 1.84 bits per heavy atom. The molecule has 0 atom stereocenters. The van der Waals surface area contributed by atoms with Crippen LogP contribution in [0.15, 0.2) is 54.7 Å². The van der Waals surface area contributed by atoms with Gasteiger partial charge in [-0.25, -0.2) is 0 Å². The minimum Gasteiger partial charge on any atom is -0.360 e. The molecule has 0 radical (unpaired) electrons. The minimum absolute atomic E-state index is 0.0443. The van der Waals surface area contributed by atoms with E-state index in [4.69, 9.17) is 0 Å².